The molecule has 0 N–H and O–H groups in total. The largest absolute Gasteiger partial charge is 0.486 e. The molecular formula is C13H16O5S. The standard InChI is InChI=1S/C13H16O5S/c1-9(2)11(14)8-19(15,16)10-3-4-12-13(7-10)18-6-5-17-12/h3-4,7,9H,5-6,8H2,1-2H3. The SMILES string of the molecule is CC(C)C(=O)CS(=O)(=O)c1ccc2c(c1)OCCO2. The molecule has 0 spiro atoms. The van der Waals surface area contributed by atoms with E-state index in [1.807, 2.05) is 0 Å². The molecule has 0 saturated heterocycles. The van der Waals surface area contributed by atoms with Crippen molar-refractivity contribution in [3.8, 4) is 11.5 Å². The van der Waals surface area contributed by atoms with E-state index in [0.29, 0.717) is 24.7 Å². The van der Waals surface area contributed by atoms with Crippen LogP contribution in [0.4, 0.5) is 0 Å². The maximum atomic E-state index is 12.1. The quantitative estimate of drug-likeness (QED) is 0.837. The van der Waals surface area contributed by atoms with Gasteiger partial charge in [0.05, 0.1) is 4.90 Å². The van der Waals surface area contributed by atoms with Crippen LogP contribution >= 0.6 is 0 Å². The van der Waals surface area contributed by atoms with Gasteiger partial charge < -0.3 is 9.47 Å². The Hall–Kier alpha value is -1.56. The molecule has 0 radical (unpaired) electrons. The molecule has 0 unspecified atom stereocenters. The number of carbonyl (C=O) groups excluding carboxylic acids is 1. The highest BCUT2D eigenvalue weighted by atomic mass is 32.2. The van der Waals surface area contributed by atoms with Gasteiger partial charge in [0.2, 0.25) is 0 Å². The van der Waals surface area contributed by atoms with Crippen molar-refractivity contribution in [2.45, 2.75) is 18.7 Å². The van der Waals surface area contributed by atoms with E-state index >= 15 is 0 Å². The zero-order chi connectivity index (χ0) is 14.0. The van der Waals surface area contributed by atoms with Crippen LogP contribution in [0.25, 0.3) is 0 Å². The number of ether oxygens (including phenoxy) is 2. The molecule has 0 saturated carbocycles. The first kappa shape index (κ1) is 13.9. The molecule has 5 nitrogen and oxygen atoms in total. The Morgan fingerprint density at radius 3 is 2.47 bits per heavy atom. The Morgan fingerprint density at radius 1 is 1.21 bits per heavy atom. The van der Waals surface area contributed by atoms with Crippen molar-refractivity contribution in [1.29, 1.82) is 0 Å². The summed E-state index contributed by atoms with van der Waals surface area (Å²) in [5.74, 6) is -0.142. The summed E-state index contributed by atoms with van der Waals surface area (Å²) in [4.78, 5) is 11.7. The van der Waals surface area contributed by atoms with Crippen LogP contribution < -0.4 is 9.47 Å². The third kappa shape index (κ3) is 3.07. The van der Waals surface area contributed by atoms with E-state index < -0.39 is 15.6 Å². The molecule has 1 aromatic rings. The van der Waals surface area contributed by atoms with Crippen LogP contribution in [0.5, 0.6) is 11.5 Å². The van der Waals surface area contributed by atoms with E-state index in [2.05, 4.69) is 0 Å². The minimum atomic E-state index is -3.62. The number of hydrogen-bond donors (Lipinski definition) is 0. The highest BCUT2D eigenvalue weighted by molar-refractivity contribution is 7.92. The van der Waals surface area contributed by atoms with Crippen LogP contribution in [-0.2, 0) is 14.6 Å². The van der Waals surface area contributed by atoms with E-state index in [4.69, 9.17) is 9.47 Å². The molecule has 0 aliphatic carbocycles. The Morgan fingerprint density at radius 2 is 1.84 bits per heavy atom. The van der Waals surface area contributed by atoms with Gasteiger partial charge in [-0.15, -0.1) is 0 Å². The van der Waals surface area contributed by atoms with Crippen molar-refractivity contribution in [2.24, 2.45) is 5.92 Å². The first-order valence-corrected chi connectivity index (χ1v) is 7.70. The van der Waals surface area contributed by atoms with Gasteiger partial charge >= 0.3 is 0 Å². The summed E-state index contributed by atoms with van der Waals surface area (Å²) in [6.45, 7) is 4.20. The van der Waals surface area contributed by atoms with Crippen molar-refractivity contribution >= 4 is 15.6 Å². The Balaban J connectivity index is 2.28. The predicted molar refractivity (Wildman–Crippen MR) is 69.3 cm³/mol. The van der Waals surface area contributed by atoms with Crippen LogP contribution in [0, 0.1) is 5.92 Å². The van der Waals surface area contributed by atoms with Gasteiger partial charge in [-0.25, -0.2) is 8.42 Å². The summed E-state index contributed by atoms with van der Waals surface area (Å²) in [6, 6.07) is 4.41. The molecule has 6 heteroatoms. The van der Waals surface area contributed by atoms with Gasteiger partial charge in [0, 0.05) is 12.0 Å². The minimum absolute atomic E-state index is 0.0887. The lowest BCUT2D eigenvalue weighted by atomic mass is 10.1. The lowest BCUT2D eigenvalue weighted by Gasteiger charge is -2.18. The van der Waals surface area contributed by atoms with Gasteiger partial charge in [-0.05, 0) is 12.1 Å². The molecule has 104 valence electrons. The average molecular weight is 284 g/mol. The molecule has 0 fully saturated rings. The predicted octanol–water partition coefficient (Wildman–Crippen LogP) is 1.46. The fourth-order valence-corrected chi connectivity index (χ4v) is 3.09. The van der Waals surface area contributed by atoms with Gasteiger partial charge in [0.15, 0.2) is 27.1 Å². The number of sulfone groups is 1. The average Bonchev–Trinajstić information content (AvgIpc) is 2.37. The van der Waals surface area contributed by atoms with E-state index in [1.54, 1.807) is 19.9 Å². The van der Waals surface area contributed by atoms with Crippen molar-refractivity contribution in [2.75, 3.05) is 19.0 Å². The molecule has 0 aromatic heterocycles. The molecule has 1 aromatic carbocycles. The lowest BCUT2D eigenvalue weighted by molar-refractivity contribution is -0.119. The van der Waals surface area contributed by atoms with E-state index in [0.717, 1.165) is 0 Å². The number of carbonyl (C=O) groups is 1. The topological polar surface area (TPSA) is 69.7 Å². The molecule has 0 atom stereocenters. The zero-order valence-corrected chi connectivity index (χ0v) is 11.7. The van der Waals surface area contributed by atoms with Crippen LogP contribution in [0.2, 0.25) is 0 Å². The smallest absolute Gasteiger partial charge is 0.185 e. The van der Waals surface area contributed by atoms with Gasteiger partial charge in [-0.1, -0.05) is 13.8 Å². The number of fused-ring (bicyclic) bond motifs is 1. The second-order valence-electron chi connectivity index (χ2n) is 4.69. The summed E-state index contributed by atoms with van der Waals surface area (Å²) in [5, 5.41) is 0. The van der Waals surface area contributed by atoms with E-state index in [9.17, 15) is 13.2 Å². The van der Waals surface area contributed by atoms with Crippen molar-refractivity contribution in [3.63, 3.8) is 0 Å². The molecule has 1 aliphatic rings. The first-order valence-electron chi connectivity index (χ1n) is 6.05. The molecule has 1 heterocycles. The maximum Gasteiger partial charge on any atom is 0.185 e. The van der Waals surface area contributed by atoms with Gasteiger partial charge in [0.1, 0.15) is 19.0 Å². The van der Waals surface area contributed by atoms with Gasteiger partial charge in [-0.2, -0.15) is 0 Å². The number of benzene rings is 1. The summed E-state index contributed by atoms with van der Waals surface area (Å²) in [6.07, 6.45) is 0. The Bertz CT molecular complexity index is 589. The fourth-order valence-electron chi connectivity index (χ4n) is 1.65. The van der Waals surface area contributed by atoms with E-state index in [-0.39, 0.29) is 16.6 Å². The monoisotopic (exact) mass is 284 g/mol. The maximum absolute atomic E-state index is 12.1. The second kappa shape index (κ2) is 5.21. The van der Waals surface area contributed by atoms with Crippen LogP contribution in [0.15, 0.2) is 23.1 Å². The molecule has 2 rings (SSSR count). The normalized spacial score (nSPS) is 14.5. The van der Waals surface area contributed by atoms with Crippen molar-refractivity contribution in [1.82, 2.24) is 0 Å². The molecule has 1 aliphatic heterocycles. The summed E-state index contributed by atoms with van der Waals surface area (Å²) >= 11 is 0. The number of rotatable bonds is 4. The van der Waals surface area contributed by atoms with E-state index in [1.165, 1.54) is 12.1 Å². The first-order chi connectivity index (χ1) is 8.90. The second-order valence-corrected chi connectivity index (χ2v) is 6.68. The highest BCUT2D eigenvalue weighted by Gasteiger charge is 2.23. The van der Waals surface area contributed by atoms with Crippen LogP contribution in [0.3, 0.4) is 0 Å². The lowest BCUT2D eigenvalue weighted by Crippen LogP contribution is -2.21. The number of ketones is 1. The zero-order valence-electron chi connectivity index (χ0n) is 10.9. The summed E-state index contributed by atoms with van der Waals surface area (Å²) < 4.78 is 34.9. The molecule has 0 bridgehead atoms. The van der Waals surface area contributed by atoms with Gasteiger partial charge in [0.25, 0.3) is 0 Å². The summed E-state index contributed by atoms with van der Waals surface area (Å²) in [7, 11) is -3.62. The molecular weight excluding hydrogens is 268 g/mol. The third-order valence-corrected chi connectivity index (χ3v) is 4.49. The van der Waals surface area contributed by atoms with Crippen LogP contribution in [-0.4, -0.2) is 33.2 Å². The summed E-state index contributed by atoms with van der Waals surface area (Å²) in [5.41, 5.74) is 0. The fraction of sp³-hybridized carbons (Fsp3) is 0.462. The van der Waals surface area contributed by atoms with Crippen LogP contribution in [0.1, 0.15) is 13.8 Å². The Kier molecular flexibility index (Phi) is 3.80. The minimum Gasteiger partial charge on any atom is -0.486 e. The molecule has 0 amide bonds. The van der Waals surface area contributed by atoms with Crippen molar-refractivity contribution < 1.29 is 22.7 Å². The van der Waals surface area contributed by atoms with Crippen molar-refractivity contribution in [3.05, 3.63) is 18.2 Å². The third-order valence-electron chi connectivity index (χ3n) is 2.85. The number of hydrogen-bond acceptors (Lipinski definition) is 5. The molecule has 19 heavy (non-hydrogen) atoms. The highest BCUT2D eigenvalue weighted by Crippen LogP contribution is 2.32. The number of Topliss-reactive ketones (excluding diaryl/α,β-unsaturated/α-hetero) is 1. The van der Waals surface area contributed by atoms with Gasteiger partial charge in [-0.3, -0.25) is 4.79 Å². The Labute approximate surface area is 112 Å².